The zero-order valence-electron chi connectivity index (χ0n) is 19.9. The van der Waals surface area contributed by atoms with Gasteiger partial charge in [-0.15, -0.1) is 0 Å². The van der Waals surface area contributed by atoms with Gasteiger partial charge in [0.2, 0.25) is 0 Å². The summed E-state index contributed by atoms with van der Waals surface area (Å²) in [7, 11) is 0. The van der Waals surface area contributed by atoms with Gasteiger partial charge in [0.1, 0.15) is 0 Å². The molecule has 0 aromatic heterocycles. The molecular weight excluding hydrogens is 348 g/mol. The maximum Gasteiger partial charge on any atom is -0.00214 e. The van der Waals surface area contributed by atoms with Crippen molar-refractivity contribution in [1.82, 2.24) is 0 Å². The lowest BCUT2D eigenvalue weighted by atomic mass is 9.61. The lowest BCUT2D eigenvalue weighted by molar-refractivity contribution is 0.192. The Morgan fingerprint density at radius 3 is 2.03 bits per heavy atom. The third-order valence-electron chi connectivity index (χ3n) is 8.71. The Kier molecular flexibility index (Phi) is 9.13. The molecule has 1 aromatic rings. The van der Waals surface area contributed by atoms with Gasteiger partial charge in [0.05, 0.1) is 0 Å². The molecule has 3 rings (SSSR count). The van der Waals surface area contributed by atoms with Crippen LogP contribution in [0.3, 0.4) is 0 Å². The van der Waals surface area contributed by atoms with E-state index in [0.717, 1.165) is 17.8 Å². The Morgan fingerprint density at radius 1 is 0.828 bits per heavy atom. The minimum Gasteiger partial charge on any atom is -0.0654 e. The van der Waals surface area contributed by atoms with E-state index in [1.807, 2.05) is 0 Å². The smallest absolute Gasteiger partial charge is 0.00214 e. The minimum atomic E-state index is 0.462. The van der Waals surface area contributed by atoms with Crippen LogP contribution in [-0.4, -0.2) is 0 Å². The third-order valence-corrected chi connectivity index (χ3v) is 8.71. The molecular formula is C29H48. The summed E-state index contributed by atoms with van der Waals surface area (Å²) in [5.74, 6) is 2.85. The second kappa shape index (κ2) is 11.6. The van der Waals surface area contributed by atoms with Gasteiger partial charge >= 0.3 is 0 Å². The second-order valence-corrected chi connectivity index (χ2v) is 10.7. The van der Waals surface area contributed by atoms with Crippen molar-refractivity contribution in [2.24, 2.45) is 17.8 Å². The maximum absolute atomic E-state index is 2.53. The molecule has 1 unspecified atom stereocenters. The predicted octanol–water partition coefficient (Wildman–Crippen LogP) is 9.25. The highest BCUT2D eigenvalue weighted by molar-refractivity contribution is 5.31. The Bertz CT molecular complexity index is 554. The highest BCUT2D eigenvalue weighted by Crippen LogP contribution is 2.46. The van der Waals surface area contributed by atoms with Crippen LogP contribution in [0.25, 0.3) is 0 Å². The summed E-state index contributed by atoms with van der Waals surface area (Å²) in [6.45, 7) is 7.21. The topological polar surface area (TPSA) is 0 Å². The monoisotopic (exact) mass is 396 g/mol. The van der Waals surface area contributed by atoms with Gasteiger partial charge in [-0.05, 0) is 60.0 Å². The number of hydrogen-bond acceptors (Lipinski definition) is 0. The summed E-state index contributed by atoms with van der Waals surface area (Å²) < 4.78 is 0. The fourth-order valence-electron chi connectivity index (χ4n) is 6.63. The summed E-state index contributed by atoms with van der Waals surface area (Å²) in [5, 5.41) is 0. The van der Waals surface area contributed by atoms with Crippen LogP contribution in [0.4, 0.5) is 0 Å². The van der Waals surface area contributed by atoms with E-state index in [4.69, 9.17) is 0 Å². The summed E-state index contributed by atoms with van der Waals surface area (Å²) in [5.41, 5.74) is 3.69. The van der Waals surface area contributed by atoms with Crippen LogP contribution >= 0.6 is 0 Å². The van der Waals surface area contributed by atoms with Crippen molar-refractivity contribution in [1.29, 1.82) is 0 Å². The van der Waals surface area contributed by atoms with E-state index >= 15 is 0 Å². The molecule has 0 nitrogen and oxygen atoms in total. The second-order valence-electron chi connectivity index (χ2n) is 10.7. The molecule has 2 aliphatic rings. The Morgan fingerprint density at radius 2 is 1.45 bits per heavy atom. The van der Waals surface area contributed by atoms with Crippen molar-refractivity contribution >= 4 is 0 Å². The van der Waals surface area contributed by atoms with E-state index in [1.165, 1.54) is 103 Å². The van der Waals surface area contributed by atoms with Crippen molar-refractivity contribution in [3.8, 4) is 0 Å². The Hall–Kier alpha value is -0.780. The van der Waals surface area contributed by atoms with Gasteiger partial charge in [-0.25, -0.2) is 0 Å². The van der Waals surface area contributed by atoms with Crippen LogP contribution in [0.1, 0.15) is 128 Å². The maximum atomic E-state index is 2.53. The highest BCUT2D eigenvalue weighted by Gasteiger charge is 2.38. The first-order chi connectivity index (χ1) is 14.2. The first-order valence-electron chi connectivity index (χ1n) is 13.3. The van der Waals surface area contributed by atoms with Gasteiger partial charge in [-0.2, -0.15) is 0 Å². The van der Waals surface area contributed by atoms with Gasteiger partial charge in [0.25, 0.3) is 0 Å². The average Bonchev–Trinajstić information content (AvgIpc) is 2.78. The molecule has 0 amide bonds. The van der Waals surface area contributed by atoms with E-state index in [-0.39, 0.29) is 0 Å². The number of benzene rings is 1. The fraction of sp³-hybridized carbons (Fsp3) is 0.793. The molecule has 0 aliphatic heterocycles. The highest BCUT2D eigenvalue weighted by atomic mass is 14.4. The van der Waals surface area contributed by atoms with Crippen LogP contribution in [0.5, 0.6) is 0 Å². The van der Waals surface area contributed by atoms with Gasteiger partial charge in [-0.1, -0.05) is 122 Å². The molecule has 0 saturated heterocycles. The fourth-order valence-corrected chi connectivity index (χ4v) is 6.63. The van der Waals surface area contributed by atoms with Crippen molar-refractivity contribution in [2.75, 3.05) is 0 Å². The molecule has 2 fully saturated rings. The minimum absolute atomic E-state index is 0.462. The molecule has 0 heterocycles. The Labute approximate surface area is 182 Å². The largest absolute Gasteiger partial charge is 0.0654 e. The normalized spacial score (nSPS) is 25.6. The zero-order chi connectivity index (χ0) is 20.5. The molecule has 0 bridgehead atoms. The molecule has 164 valence electrons. The molecule has 1 aromatic carbocycles. The summed E-state index contributed by atoms with van der Waals surface area (Å²) in [4.78, 5) is 0. The number of rotatable bonds is 10. The zero-order valence-corrected chi connectivity index (χ0v) is 19.9. The van der Waals surface area contributed by atoms with E-state index in [2.05, 4.69) is 45.0 Å². The van der Waals surface area contributed by atoms with Crippen molar-refractivity contribution < 1.29 is 0 Å². The van der Waals surface area contributed by atoms with E-state index in [9.17, 15) is 0 Å². The summed E-state index contributed by atoms with van der Waals surface area (Å²) >= 11 is 0. The first-order valence-corrected chi connectivity index (χ1v) is 13.3. The molecule has 2 aliphatic carbocycles. The van der Waals surface area contributed by atoms with Crippen LogP contribution < -0.4 is 0 Å². The molecule has 2 saturated carbocycles. The van der Waals surface area contributed by atoms with Crippen LogP contribution in [-0.2, 0) is 11.8 Å². The van der Waals surface area contributed by atoms with Crippen molar-refractivity contribution in [2.45, 2.75) is 129 Å². The molecule has 29 heavy (non-hydrogen) atoms. The predicted molar refractivity (Wildman–Crippen MR) is 129 cm³/mol. The number of hydrogen-bond donors (Lipinski definition) is 0. The molecule has 0 heteroatoms. The molecule has 0 spiro atoms. The standard InChI is InChI=1S/C29H48/c1-4-6-11-25-12-14-26(15-13-25)16-17-27-18-20-28(21-19-27)29(24(3)10-5-2)22-8-7-9-23-29/h18-21,24-26H,4-17,22-23H2,1-3H3/t24?,25-,26-. The number of unbranched alkanes of at least 4 members (excludes halogenated alkanes) is 1. The van der Waals surface area contributed by atoms with Crippen LogP contribution in [0.2, 0.25) is 0 Å². The summed E-state index contributed by atoms with van der Waals surface area (Å²) in [6, 6.07) is 10.0. The quantitative estimate of drug-likeness (QED) is 0.369. The van der Waals surface area contributed by atoms with Gasteiger partial charge < -0.3 is 0 Å². The van der Waals surface area contributed by atoms with E-state index < -0.39 is 0 Å². The lowest BCUT2D eigenvalue weighted by Gasteiger charge is -2.43. The SMILES string of the molecule is CCCC[C@H]1CC[C@H](CCc2ccc(C3(C(C)CCC)CCCCC3)cc2)CC1. The summed E-state index contributed by atoms with van der Waals surface area (Å²) in [6.07, 6.45) is 22.8. The van der Waals surface area contributed by atoms with Gasteiger partial charge in [0.15, 0.2) is 0 Å². The number of aryl methyl sites for hydroxylation is 1. The molecule has 0 radical (unpaired) electrons. The third kappa shape index (κ3) is 6.11. The lowest BCUT2D eigenvalue weighted by Crippen LogP contribution is -2.36. The average molecular weight is 397 g/mol. The Balaban J connectivity index is 1.53. The van der Waals surface area contributed by atoms with Crippen LogP contribution in [0.15, 0.2) is 24.3 Å². The first kappa shape index (κ1) is 22.9. The van der Waals surface area contributed by atoms with E-state index in [0.29, 0.717) is 5.41 Å². The van der Waals surface area contributed by atoms with Gasteiger partial charge in [0, 0.05) is 0 Å². The van der Waals surface area contributed by atoms with Crippen molar-refractivity contribution in [3.63, 3.8) is 0 Å². The molecule has 1 atom stereocenters. The van der Waals surface area contributed by atoms with Gasteiger partial charge in [-0.3, -0.25) is 0 Å². The van der Waals surface area contributed by atoms with E-state index in [1.54, 1.807) is 11.1 Å². The van der Waals surface area contributed by atoms with Crippen molar-refractivity contribution in [3.05, 3.63) is 35.4 Å². The van der Waals surface area contributed by atoms with Crippen LogP contribution in [0, 0.1) is 17.8 Å². The molecule has 0 N–H and O–H groups in total.